The van der Waals surface area contributed by atoms with Gasteiger partial charge in [0.25, 0.3) is 0 Å². The van der Waals surface area contributed by atoms with Crippen molar-refractivity contribution < 1.29 is 4.74 Å². The number of benzene rings is 2. The van der Waals surface area contributed by atoms with Crippen LogP contribution in [0.25, 0.3) is 0 Å². The summed E-state index contributed by atoms with van der Waals surface area (Å²) in [4.78, 5) is 0. The molecule has 24 heavy (non-hydrogen) atoms. The lowest BCUT2D eigenvalue weighted by atomic mass is 9.88. The number of hydrogen-bond donors (Lipinski definition) is 1. The standard InChI is InChI=1S/C22H29NO/c1-3-7-20(8-4-1)22(21-9-5-2-6-10-21)12-16-23-15-11-19-13-17-24-18-14-19/h1-10,19,22-23H,11-18H2. The summed E-state index contributed by atoms with van der Waals surface area (Å²) in [6.07, 6.45) is 4.89. The van der Waals surface area contributed by atoms with Gasteiger partial charge in [0.1, 0.15) is 0 Å². The Bertz CT molecular complexity index is 524. The molecule has 1 N–H and O–H groups in total. The Kier molecular flexibility index (Phi) is 6.88. The molecule has 2 nitrogen and oxygen atoms in total. The number of hydrogen-bond acceptors (Lipinski definition) is 2. The van der Waals surface area contributed by atoms with Gasteiger partial charge in [-0.25, -0.2) is 0 Å². The van der Waals surface area contributed by atoms with E-state index in [0.717, 1.165) is 38.6 Å². The molecule has 0 saturated carbocycles. The second kappa shape index (κ2) is 9.61. The van der Waals surface area contributed by atoms with Crippen molar-refractivity contribution in [2.75, 3.05) is 26.3 Å². The Morgan fingerprint density at radius 1 is 0.833 bits per heavy atom. The Morgan fingerprint density at radius 2 is 1.42 bits per heavy atom. The van der Waals surface area contributed by atoms with Crippen molar-refractivity contribution in [2.24, 2.45) is 5.92 Å². The average Bonchev–Trinajstić information content (AvgIpc) is 2.67. The van der Waals surface area contributed by atoms with Crippen LogP contribution in [0.3, 0.4) is 0 Å². The second-order valence-electron chi connectivity index (χ2n) is 6.76. The highest BCUT2D eigenvalue weighted by atomic mass is 16.5. The molecule has 1 heterocycles. The van der Waals surface area contributed by atoms with Gasteiger partial charge < -0.3 is 10.1 Å². The third-order valence-electron chi connectivity index (χ3n) is 5.08. The number of nitrogens with one attached hydrogen (secondary N) is 1. The first-order chi connectivity index (χ1) is 11.9. The molecule has 0 unspecified atom stereocenters. The molecule has 1 aliphatic rings. The predicted octanol–water partition coefficient (Wildman–Crippen LogP) is 4.61. The van der Waals surface area contributed by atoms with E-state index in [2.05, 4.69) is 66.0 Å². The highest BCUT2D eigenvalue weighted by Gasteiger charge is 2.15. The van der Waals surface area contributed by atoms with E-state index in [1.807, 2.05) is 0 Å². The van der Waals surface area contributed by atoms with Crippen LogP contribution in [-0.2, 0) is 4.74 Å². The van der Waals surface area contributed by atoms with Crippen LogP contribution in [0.15, 0.2) is 60.7 Å². The fourth-order valence-corrected chi connectivity index (χ4v) is 3.61. The van der Waals surface area contributed by atoms with E-state index < -0.39 is 0 Å². The molecule has 1 fully saturated rings. The van der Waals surface area contributed by atoms with Crippen molar-refractivity contribution in [3.05, 3.63) is 71.8 Å². The van der Waals surface area contributed by atoms with Gasteiger partial charge in [-0.2, -0.15) is 0 Å². The van der Waals surface area contributed by atoms with E-state index in [0.29, 0.717) is 5.92 Å². The van der Waals surface area contributed by atoms with Gasteiger partial charge in [-0.1, -0.05) is 60.7 Å². The first-order valence-electron chi connectivity index (χ1n) is 9.32. The molecule has 0 radical (unpaired) electrons. The summed E-state index contributed by atoms with van der Waals surface area (Å²) in [5.41, 5.74) is 2.82. The van der Waals surface area contributed by atoms with E-state index in [1.54, 1.807) is 0 Å². The minimum absolute atomic E-state index is 0.475. The lowest BCUT2D eigenvalue weighted by molar-refractivity contribution is 0.0640. The normalized spacial score (nSPS) is 15.7. The van der Waals surface area contributed by atoms with Crippen LogP contribution in [0.1, 0.15) is 42.7 Å². The highest BCUT2D eigenvalue weighted by Crippen LogP contribution is 2.27. The first-order valence-corrected chi connectivity index (χ1v) is 9.32. The molecule has 0 aromatic heterocycles. The molecule has 3 rings (SSSR count). The van der Waals surface area contributed by atoms with E-state index in [1.165, 1.54) is 30.4 Å². The molecule has 128 valence electrons. The zero-order chi connectivity index (χ0) is 16.5. The summed E-state index contributed by atoms with van der Waals surface area (Å²) >= 11 is 0. The molecule has 2 aromatic carbocycles. The number of ether oxygens (including phenoxy) is 1. The van der Waals surface area contributed by atoms with Crippen LogP contribution < -0.4 is 5.32 Å². The molecule has 0 amide bonds. The summed E-state index contributed by atoms with van der Waals surface area (Å²) in [5.74, 6) is 1.33. The minimum Gasteiger partial charge on any atom is -0.381 e. The van der Waals surface area contributed by atoms with Crippen molar-refractivity contribution in [1.82, 2.24) is 5.32 Å². The predicted molar refractivity (Wildman–Crippen MR) is 100 cm³/mol. The maximum Gasteiger partial charge on any atom is 0.0468 e. The topological polar surface area (TPSA) is 21.3 Å². The van der Waals surface area contributed by atoms with E-state index in [9.17, 15) is 0 Å². The van der Waals surface area contributed by atoms with Gasteiger partial charge in [-0.15, -0.1) is 0 Å². The molecule has 0 atom stereocenters. The van der Waals surface area contributed by atoms with Crippen LogP contribution in [0.2, 0.25) is 0 Å². The molecule has 0 aliphatic carbocycles. The Labute approximate surface area is 146 Å². The third kappa shape index (κ3) is 5.19. The van der Waals surface area contributed by atoms with Gasteiger partial charge in [-0.05, 0) is 55.8 Å². The van der Waals surface area contributed by atoms with Crippen LogP contribution in [-0.4, -0.2) is 26.3 Å². The molecule has 1 aliphatic heterocycles. The van der Waals surface area contributed by atoms with Gasteiger partial charge in [0.2, 0.25) is 0 Å². The highest BCUT2D eigenvalue weighted by molar-refractivity contribution is 5.32. The lowest BCUT2D eigenvalue weighted by Gasteiger charge is -2.22. The lowest BCUT2D eigenvalue weighted by Crippen LogP contribution is -2.24. The molecule has 2 heteroatoms. The summed E-state index contributed by atoms with van der Waals surface area (Å²) in [5, 5.41) is 3.66. The molecular formula is C22H29NO. The molecule has 1 saturated heterocycles. The second-order valence-corrected chi connectivity index (χ2v) is 6.76. The van der Waals surface area contributed by atoms with Gasteiger partial charge in [-0.3, -0.25) is 0 Å². The van der Waals surface area contributed by atoms with E-state index in [-0.39, 0.29) is 0 Å². The maximum absolute atomic E-state index is 5.44. The smallest absolute Gasteiger partial charge is 0.0468 e. The first kappa shape index (κ1) is 17.2. The molecule has 2 aromatic rings. The van der Waals surface area contributed by atoms with Crippen LogP contribution in [0.5, 0.6) is 0 Å². The zero-order valence-electron chi connectivity index (χ0n) is 14.5. The number of rotatable bonds is 8. The minimum atomic E-state index is 0.475. The summed E-state index contributed by atoms with van der Waals surface area (Å²) in [7, 11) is 0. The zero-order valence-corrected chi connectivity index (χ0v) is 14.5. The van der Waals surface area contributed by atoms with Crippen molar-refractivity contribution >= 4 is 0 Å². The van der Waals surface area contributed by atoms with E-state index in [4.69, 9.17) is 4.74 Å². The molecule has 0 spiro atoms. The quantitative estimate of drug-likeness (QED) is 0.716. The Morgan fingerprint density at radius 3 is 2.00 bits per heavy atom. The largest absolute Gasteiger partial charge is 0.381 e. The van der Waals surface area contributed by atoms with Crippen molar-refractivity contribution in [3.8, 4) is 0 Å². The van der Waals surface area contributed by atoms with Gasteiger partial charge in [0, 0.05) is 19.1 Å². The van der Waals surface area contributed by atoms with Crippen LogP contribution in [0, 0.1) is 5.92 Å². The maximum atomic E-state index is 5.44. The molecule has 0 bridgehead atoms. The summed E-state index contributed by atoms with van der Waals surface area (Å²) in [6, 6.07) is 21.8. The fraction of sp³-hybridized carbons (Fsp3) is 0.455. The van der Waals surface area contributed by atoms with Gasteiger partial charge >= 0.3 is 0 Å². The van der Waals surface area contributed by atoms with Gasteiger partial charge in [0.15, 0.2) is 0 Å². The molecular weight excluding hydrogens is 294 g/mol. The SMILES string of the molecule is c1ccc(C(CCNCCC2CCOCC2)c2ccccc2)cc1. The fourth-order valence-electron chi connectivity index (χ4n) is 3.61. The van der Waals surface area contributed by atoms with Crippen molar-refractivity contribution in [3.63, 3.8) is 0 Å². The monoisotopic (exact) mass is 323 g/mol. The third-order valence-corrected chi connectivity index (χ3v) is 5.08. The van der Waals surface area contributed by atoms with Crippen molar-refractivity contribution in [2.45, 2.75) is 31.6 Å². The van der Waals surface area contributed by atoms with E-state index >= 15 is 0 Å². The van der Waals surface area contributed by atoms with Crippen LogP contribution in [0.4, 0.5) is 0 Å². The van der Waals surface area contributed by atoms with Gasteiger partial charge in [0.05, 0.1) is 0 Å². The summed E-state index contributed by atoms with van der Waals surface area (Å²) < 4.78 is 5.44. The average molecular weight is 323 g/mol. The summed E-state index contributed by atoms with van der Waals surface area (Å²) in [6.45, 7) is 4.10. The van der Waals surface area contributed by atoms with Crippen molar-refractivity contribution in [1.29, 1.82) is 0 Å². The Balaban J connectivity index is 1.49. The Hall–Kier alpha value is -1.64. The van der Waals surface area contributed by atoms with Crippen LogP contribution >= 0.6 is 0 Å².